The summed E-state index contributed by atoms with van der Waals surface area (Å²) in [6.45, 7) is 0. The van der Waals surface area contributed by atoms with Crippen molar-refractivity contribution in [3.8, 4) is 0 Å². The monoisotopic (exact) mass is 251 g/mol. The number of rotatable bonds is 2. The number of anilines is 2. The van der Waals surface area contributed by atoms with Gasteiger partial charge in [-0.2, -0.15) is 0 Å². The first-order chi connectivity index (χ1) is 9.31. The van der Waals surface area contributed by atoms with E-state index < -0.39 is 0 Å². The summed E-state index contributed by atoms with van der Waals surface area (Å²) < 4.78 is 0. The van der Waals surface area contributed by atoms with Gasteiger partial charge in [0.2, 0.25) is 0 Å². The molecule has 4 nitrogen and oxygen atoms in total. The van der Waals surface area contributed by atoms with Crippen LogP contribution in [0.15, 0.2) is 60.8 Å². The molecular weight excluding hydrogens is 238 g/mol. The Morgan fingerprint density at radius 2 is 1.68 bits per heavy atom. The molecule has 1 heterocycles. The molecule has 0 unspecified atom stereocenters. The van der Waals surface area contributed by atoms with Crippen LogP contribution in [0.3, 0.4) is 0 Å². The first-order valence-electron chi connectivity index (χ1n) is 6.01. The van der Waals surface area contributed by atoms with Crippen molar-refractivity contribution < 1.29 is 4.79 Å². The summed E-state index contributed by atoms with van der Waals surface area (Å²) in [5, 5.41) is 6.69. The molecule has 0 aliphatic carbocycles. The number of fused-ring (bicyclic) bond motifs is 1. The van der Waals surface area contributed by atoms with Crippen molar-refractivity contribution in [1.29, 1.82) is 0 Å². The van der Waals surface area contributed by atoms with E-state index in [1.807, 2.05) is 60.8 Å². The Morgan fingerprint density at radius 1 is 0.895 bits per heavy atom. The van der Waals surface area contributed by atoms with Gasteiger partial charge in [-0.15, -0.1) is 0 Å². The highest BCUT2D eigenvalue weighted by Crippen LogP contribution is 2.17. The van der Waals surface area contributed by atoms with E-state index in [-0.39, 0.29) is 6.03 Å². The summed E-state index contributed by atoms with van der Waals surface area (Å²) in [4.78, 5) is 14.9. The number of hydrogen-bond acceptors (Lipinski definition) is 1. The molecule has 0 aliphatic rings. The summed E-state index contributed by atoms with van der Waals surface area (Å²) in [5.74, 6) is 0. The molecule has 1 aromatic heterocycles. The van der Waals surface area contributed by atoms with Crippen LogP contribution in [0.2, 0.25) is 0 Å². The van der Waals surface area contributed by atoms with Gasteiger partial charge < -0.3 is 15.6 Å². The lowest BCUT2D eigenvalue weighted by Crippen LogP contribution is -2.19. The van der Waals surface area contributed by atoms with Crippen LogP contribution in [0.4, 0.5) is 16.2 Å². The number of aromatic nitrogens is 1. The quantitative estimate of drug-likeness (QED) is 0.637. The predicted octanol–water partition coefficient (Wildman–Crippen LogP) is 3.81. The number of H-pyrrole nitrogens is 1. The van der Waals surface area contributed by atoms with Crippen LogP contribution in [-0.2, 0) is 0 Å². The summed E-state index contributed by atoms with van der Waals surface area (Å²) in [7, 11) is 0. The Hall–Kier alpha value is -2.75. The van der Waals surface area contributed by atoms with Crippen LogP contribution in [-0.4, -0.2) is 11.0 Å². The van der Waals surface area contributed by atoms with Gasteiger partial charge in [-0.1, -0.05) is 24.3 Å². The molecule has 0 bridgehead atoms. The molecule has 0 saturated heterocycles. The zero-order valence-electron chi connectivity index (χ0n) is 10.2. The number of nitrogens with one attached hydrogen (secondary N) is 3. The molecule has 2 aromatic carbocycles. The fourth-order valence-electron chi connectivity index (χ4n) is 1.94. The van der Waals surface area contributed by atoms with Crippen LogP contribution in [0.5, 0.6) is 0 Å². The van der Waals surface area contributed by atoms with E-state index in [9.17, 15) is 4.79 Å². The van der Waals surface area contributed by atoms with Crippen molar-refractivity contribution in [2.75, 3.05) is 10.6 Å². The molecule has 0 radical (unpaired) electrons. The second-order valence-corrected chi connectivity index (χ2v) is 4.22. The van der Waals surface area contributed by atoms with Crippen molar-refractivity contribution in [2.45, 2.75) is 0 Å². The molecule has 19 heavy (non-hydrogen) atoms. The van der Waals surface area contributed by atoms with Gasteiger partial charge in [0.05, 0.1) is 0 Å². The normalized spacial score (nSPS) is 10.3. The topological polar surface area (TPSA) is 56.9 Å². The third kappa shape index (κ3) is 2.57. The summed E-state index contributed by atoms with van der Waals surface area (Å²) in [6.07, 6.45) is 1.87. The highest BCUT2D eigenvalue weighted by atomic mass is 16.2. The van der Waals surface area contributed by atoms with Crippen molar-refractivity contribution in [3.05, 3.63) is 60.8 Å². The Labute approximate surface area is 110 Å². The van der Waals surface area contributed by atoms with E-state index in [0.717, 1.165) is 22.3 Å². The van der Waals surface area contributed by atoms with E-state index in [1.54, 1.807) is 0 Å². The molecule has 2 amide bonds. The number of carbonyl (C=O) groups is 1. The molecule has 0 fully saturated rings. The number of urea groups is 1. The van der Waals surface area contributed by atoms with E-state index in [4.69, 9.17) is 0 Å². The highest BCUT2D eigenvalue weighted by Gasteiger charge is 2.03. The van der Waals surface area contributed by atoms with Crippen molar-refractivity contribution >= 4 is 28.3 Å². The lowest BCUT2D eigenvalue weighted by Gasteiger charge is -2.07. The Kier molecular flexibility index (Phi) is 2.90. The molecule has 4 heteroatoms. The lowest BCUT2D eigenvalue weighted by molar-refractivity contribution is 0.262. The minimum Gasteiger partial charge on any atom is -0.361 e. The first-order valence-corrected chi connectivity index (χ1v) is 6.01. The Morgan fingerprint density at radius 3 is 2.53 bits per heavy atom. The molecule has 0 atom stereocenters. The van der Waals surface area contributed by atoms with Gasteiger partial charge in [0, 0.05) is 23.1 Å². The van der Waals surface area contributed by atoms with E-state index >= 15 is 0 Å². The summed E-state index contributed by atoms with van der Waals surface area (Å²) in [5.41, 5.74) is 2.52. The number of para-hydroxylation sites is 1. The molecule has 0 spiro atoms. The average molecular weight is 251 g/mol. The third-order valence-electron chi connectivity index (χ3n) is 2.84. The molecular formula is C15H13N3O. The maximum atomic E-state index is 11.8. The molecule has 3 aromatic rings. The predicted molar refractivity (Wildman–Crippen MR) is 77.4 cm³/mol. The smallest absolute Gasteiger partial charge is 0.323 e. The average Bonchev–Trinajstić information content (AvgIpc) is 2.87. The molecule has 3 rings (SSSR count). The lowest BCUT2D eigenvalue weighted by atomic mass is 10.2. The maximum absolute atomic E-state index is 11.8. The summed E-state index contributed by atoms with van der Waals surface area (Å²) >= 11 is 0. The van der Waals surface area contributed by atoms with Gasteiger partial charge in [-0.25, -0.2) is 4.79 Å². The number of benzene rings is 2. The number of amides is 2. The number of hydrogen-bond donors (Lipinski definition) is 3. The molecule has 94 valence electrons. The fourth-order valence-corrected chi connectivity index (χ4v) is 1.94. The molecule has 0 saturated carbocycles. The Bertz CT molecular complexity index is 703. The van der Waals surface area contributed by atoms with Crippen LogP contribution < -0.4 is 10.6 Å². The van der Waals surface area contributed by atoms with Crippen LogP contribution in [0, 0.1) is 0 Å². The van der Waals surface area contributed by atoms with Crippen LogP contribution in [0.25, 0.3) is 10.9 Å². The maximum Gasteiger partial charge on any atom is 0.323 e. The third-order valence-corrected chi connectivity index (χ3v) is 2.84. The summed E-state index contributed by atoms with van der Waals surface area (Å²) in [6, 6.07) is 16.8. The van der Waals surface area contributed by atoms with Gasteiger partial charge in [-0.3, -0.25) is 0 Å². The second kappa shape index (κ2) is 4.86. The van der Waals surface area contributed by atoms with Gasteiger partial charge in [0.25, 0.3) is 0 Å². The fraction of sp³-hybridized carbons (Fsp3) is 0. The van der Waals surface area contributed by atoms with Crippen molar-refractivity contribution in [3.63, 3.8) is 0 Å². The minimum atomic E-state index is -0.253. The van der Waals surface area contributed by atoms with Gasteiger partial charge in [-0.05, 0) is 35.7 Å². The zero-order valence-corrected chi connectivity index (χ0v) is 10.2. The van der Waals surface area contributed by atoms with Crippen LogP contribution in [0.1, 0.15) is 0 Å². The molecule has 0 aliphatic heterocycles. The van der Waals surface area contributed by atoms with Gasteiger partial charge >= 0.3 is 6.03 Å². The first kappa shape index (κ1) is 11.3. The standard InChI is InChI=1S/C15H13N3O/c19-15(17-12-4-2-1-3-5-12)18-13-7-6-11-8-9-16-14(11)10-13/h1-10,16H,(H2,17,18,19). The molecule has 3 N–H and O–H groups in total. The van der Waals surface area contributed by atoms with Gasteiger partial charge in [0.15, 0.2) is 0 Å². The highest BCUT2D eigenvalue weighted by molar-refractivity contribution is 6.00. The van der Waals surface area contributed by atoms with Crippen molar-refractivity contribution in [1.82, 2.24) is 4.98 Å². The van der Waals surface area contributed by atoms with Gasteiger partial charge in [0.1, 0.15) is 0 Å². The van der Waals surface area contributed by atoms with E-state index in [0.29, 0.717) is 0 Å². The number of aromatic amines is 1. The SMILES string of the molecule is O=C(Nc1ccccc1)Nc1ccc2cc[nH]c2c1. The number of carbonyl (C=O) groups excluding carboxylic acids is 1. The van der Waals surface area contributed by atoms with E-state index in [1.165, 1.54) is 0 Å². The van der Waals surface area contributed by atoms with E-state index in [2.05, 4.69) is 15.6 Å². The largest absolute Gasteiger partial charge is 0.361 e. The zero-order chi connectivity index (χ0) is 13.1. The second-order valence-electron chi connectivity index (χ2n) is 4.22. The van der Waals surface area contributed by atoms with Crippen LogP contribution >= 0.6 is 0 Å². The Balaban J connectivity index is 1.72. The minimum absolute atomic E-state index is 0.253. The van der Waals surface area contributed by atoms with Crippen molar-refractivity contribution in [2.24, 2.45) is 0 Å².